The van der Waals surface area contributed by atoms with Crippen molar-refractivity contribution < 1.29 is 14.1 Å². The molecule has 0 saturated heterocycles. The third-order valence-corrected chi connectivity index (χ3v) is 3.12. The summed E-state index contributed by atoms with van der Waals surface area (Å²) in [5.74, 6) is 0.184. The van der Waals surface area contributed by atoms with Crippen LogP contribution in [0.15, 0.2) is 54.2 Å². The van der Waals surface area contributed by atoms with Crippen molar-refractivity contribution in [2.75, 3.05) is 0 Å². The number of para-hydroxylation sites is 1. The highest BCUT2D eigenvalue weighted by Crippen LogP contribution is 2.37. The van der Waals surface area contributed by atoms with E-state index in [4.69, 9.17) is 4.74 Å². The third kappa shape index (κ3) is 2.14. The van der Waals surface area contributed by atoms with Crippen molar-refractivity contribution in [1.29, 1.82) is 0 Å². The van der Waals surface area contributed by atoms with Gasteiger partial charge in [-0.15, -0.1) is 0 Å². The molecule has 0 amide bonds. The Morgan fingerprint density at radius 2 is 1.80 bits per heavy atom. The van der Waals surface area contributed by atoms with Gasteiger partial charge in [-0.1, -0.05) is 30.3 Å². The first kappa shape index (κ1) is 12.3. The number of hydrogen-bond donors (Lipinski definition) is 0. The molecule has 0 aromatic heterocycles. The molecule has 0 N–H and O–H groups in total. The van der Waals surface area contributed by atoms with Gasteiger partial charge < -0.3 is 4.74 Å². The molecule has 0 radical (unpaired) electrons. The van der Waals surface area contributed by atoms with E-state index in [1.54, 1.807) is 24.3 Å². The fourth-order valence-corrected chi connectivity index (χ4v) is 2.15. The second-order valence-corrected chi connectivity index (χ2v) is 4.41. The van der Waals surface area contributed by atoms with E-state index in [-0.39, 0.29) is 5.70 Å². The van der Waals surface area contributed by atoms with Crippen LogP contribution in [0.4, 0.5) is 4.39 Å². The van der Waals surface area contributed by atoms with Crippen LogP contribution in [0.3, 0.4) is 0 Å². The van der Waals surface area contributed by atoms with E-state index in [0.717, 1.165) is 0 Å². The van der Waals surface area contributed by atoms with Crippen LogP contribution in [0, 0.1) is 15.9 Å². The molecule has 1 atom stereocenters. The zero-order valence-corrected chi connectivity index (χ0v) is 10.3. The Balaban J connectivity index is 2.08. The summed E-state index contributed by atoms with van der Waals surface area (Å²) in [7, 11) is 0. The van der Waals surface area contributed by atoms with Crippen LogP contribution < -0.4 is 4.74 Å². The predicted molar refractivity (Wildman–Crippen MR) is 71.2 cm³/mol. The zero-order valence-electron chi connectivity index (χ0n) is 10.3. The summed E-state index contributed by atoms with van der Waals surface area (Å²) < 4.78 is 18.7. The summed E-state index contributed by atoms with van der Waals surface area (Å²) in [6.45, 7) is 0. The van der Waals surface area contributed by atoms with Gasteiger partial charge in [0.05, 0.1) is 4.92 Å². The molecule has 1 unspecified atom stereocenters. The molecule has 3 rings (SSSR count). The van der Waals surface area contributed by atoms with E-state index in [0.29, 0.717) is 16.9 Å². The maximum absolute atomic E-state index is 13.0. The highest BCUT2D eigenvalue weighted by molar-refractivity contribution is 5.62. The first-order chi connectivity index (χ1) is 9.65. The summed E-state index contributed by atoms with van der Waals surface area (Å²) in [5.41, 5.74) is 1.15. The van der Waals surface area contributed by atoms with Crippen molar-refractivity contribution in [2.45, 2.75) is 6.10 Å². The average molecular weight is 271 g/mol. The second-order valence-electron chi connectivity index (χ2n) is 4.41. The minimum atomic E-state index is -0.833. The summed E-state index contributed by atoms with van der Waals surface area (Å²) in [6, 6.07) is 12.6. The van der Waals surface area contributed by atoms with Crippen molar-refractivity contribution in [2.24, 2.45) is 0 Å². The van der Waals surface area contributed by atoms with Crippen molar-refractivity contribution in [3.05, 3.63) is 81.3 Å². The van der Waals surface area contributed by atoms with E-state index < -0.39 is 16.8 Å². The molecule has 100 valence electrons. The van der Waals surface area contributed by atoms with Gasteiger partial charge in [-0.25, -0.2) is 4.39 Å². The van der Waals surface area contributed by atoms with Crippen molar-refractivity contribution in [1.82, 2.24) is 0 Å². The lowest BCUT2D eigenvalue weighted by Crippen LogP contribution is -2.19. The Bertz CT molecular complexity index is 695. The van der Waals surface area contributed by atoms with E-state index >= 15 is 0 Å². The summed E-state index contributed by atoms with van der Waals surface area (Å²) >= 11 is 0. The quantitative estimate of drug-likeness (QED) is 0.619. The van der Waals surface area contributed by atoms with Gasteiger partial charge in [0.25, 0.3) is 5.70 Å². The lowest BCUT2D eigenvalue weighted by Gasteiger charge is -2.22. The minimum absolute atomic E-state index is 0.0599. The number of fused-ring (bicyclic) bond motifs is 1. The molecule has 4 nitrogen and oxygen atoms in total. The van der Waals surface area contributed by atoms with E-state index in [1.807, 2.05) is 0 Å². The normalized spacial score (nSPS) is 16.9. The van der Waals surface area contributed by atoms with Gasteiger partial charge in [-0.3, -0.25) is 10.1 Å². The van der Waals surface area contributed by atoms with Crippen molar-refractivity contribution in [3.63, 3.8) is 0 Å². The molecule has 0 fully saturated rings. The van der Waals surface area contributed by atoms with Crippen LogP contribution in [0.5, 0.6) is 5.75 Å². The fraction of sp³-hybridized carbons (Fsp3) is 0.0667. The topological polar surface area (TPSA) is 52.4 Å². The molecule has 5 heteroatoms. The SMILES string of the molecule is O=[N+]([O-])C1=Cc2ccccc2OC1c1ccc(F)cc1. The Morgan fingerprint density at radius 3 is 2.50 bits per heavy atom. The molecule has 20 heavy (non-hydrogen) atoms. The molecule has 1 aliphatic rings. The maximum atomic E-state index is 13.0. The second kappa shape index (κ2) is 4.77. The number of hydrogen-bond acceptors (Lipinski definition) is 3. The van der Waals surface area contributed by atoms with Crippen molar-refractivity contribution >= 4 is 6.08 Å². The summed E-state index contributed by atoms with van der Waals surface area (Å²) in [5, 5.41) is 11.2. The molecule has 1 heterocycles. The van der Waals surface area contributed by atoms with Crippen LogP contribution >= 0.6 is 0 Å². The van der Waals surface area contributed by atoms with Gasteiger partial charge in [-0.2, -0.15) is 0 Å². The maximum Gasteiger partial charge on any atom is 0.291 e. The number of ether oxygens (including phenoxy) is 1. The number of nitro groups is 1. The third-order valence-electron chi connectivity index (χ3n) is 3.12. The minimum Gasteiger partial charge on any atom is -0.474 e. The predicted octanol–water partition coefficient (Wildman–Crippen LogP) is 3.58. The Hall–Kier alpha value is -2.69. The first-order valence-corrected chi connectivity index (χ1v) is 6.02. The monoisotopic (exact) mass is 271 g/mol. The Morgan fingerprint density at radius 1 is 1.10 bits per heavy atom. The summed E-state index contributed by atoms with van der Waals surface area (Å²) in [4.78, 5) is 10.7. The lowest BCUT2D eigenvalue weighted by molar-refractivity contribution is -0.434. The average Bonchev–Trinajstić information content (AvgIpc) is 2.46. The first-order valence-electron chi connectivity index (χ1n) is 6.02. The molecular formula is C15H10FNO3. The number of rotatable bonds is 2. The lowest BCUT2D eigenvalue weighted by atomic mass is 10.0. The summed E-state index contributed by atoms with van der Waals surface area (Å²) in [6.07, 6.45) is 0.660. The van der Waals surface area contributed by atoms with Crippen LogP contribution in [0.25, 0.3) is 6.08 Å². The van der Waals surface area contributed by atoms with Crippen LogP contribution in [0.1, 0.15) is 17.2 Å². The van der Waals surface area contributed by atoms with Gasteiger partial charge in [-0.05, 0) is 18.2 Å². The molecule has 2 aromatic rings. The molecule has 0 aliphatic carbocycles. The smallest absolute Gasteiger partial charge is 0.291 e. The Labute approximate surface area is 114 Å². The van der Waals surface area contributed by atoms with E-state index in [1.165, 1.54) is 30.3 Å². The highest BCUT2D eigenvalue weighted by atomic mass is 19.1. The van der Waals surface area contributed by atoms with Crippen molar-refractivity contribution in [3.8, 4) is 5.75 Å². The van der Waals surface area contributed by atoms with Gasteiger partial charge in [0.2, 0.25) is 6.10 Å². The molecular weight excluding hydrogens is 261 g/mol. The van der Waals surface area contributed by atoms with Gasteiger partial charge in [0, 0.05) is 17.2 Å². The molecule has 0 spiro atoms. The largest absolute Gasteiger partial charge is 0.474 e. The van der Waals surface area contributed by atoms with Crippen LogP contribution in [0.2, 0.25) is 0 Å². The molecule has 0 bridgehead atoms. The van der Waals surface area contributed by atoms with Gasteiger partial charge in [0.1, 0.15) is 11.6 Å². The standard InChI is InChI=1S/C15H10FNO3/c16-12-7-5-10(6-8-12)15-13(17(18)19)9-11-3-1-2-4-14(11)20-15/h1-9,15H. The van der Waals surface area contributed by atoms with Crippen LogP contribution in [-0.2, 0) is 0 Å². The van der Waals surface area contributed by atoms with E-state index in [9.17, 15) is 14.5 Å². The van der Waals surface area contributed by atoms with Gasteiger partial charge in [0.15, 0.2) is 0 Å². The van der Waals surface area contributed by atoms with Crippen LogP contribution in [-0.4, -0.2) is 4.92 Å². The zero-order chi connectivity index (χ0) is 14.1. The van der Waals surface area contributed by atoms with Gasteiger partial charge >= 0.3 is 0 Å². The number of halogens is 1. The molecule has 2 aromatic carbocycles. The molecule has 0 saturated carbocycles. The highest BCUT2D eigenvalue weighted by Gasteiger charge is 2.32. The fourth-order valence-electron chi connectivity index (χ4n) is 2.15. The number of nitrogens with zero attached hydrogens (tertiary/aromatic N) is 1. The molecule has 1 aliphatic heterocycles. The number of benzene rings is 2. The van der Waals surface area contributed by atoms with E-state index in [2.05, 4.69) is 0 Å². The Kier molecular flexibility index (Phi) is 2.95.